The summed E-state index contributed by atoms with van der Waals surface area (Å²) in [5.41, 5.74) is 2.35. The molecule has 2 aromatic carbocycles. The van der Waals surface area contributed by atoms with Crippen molar-refractivity contribution in [1.29, 1.82) is 0 Å². The third-order valence-electron chi connectivity index (χ3n) is 5.85. The number of rotatable bonds is 9. The van der Waals surface area contributed by atoms with Gasteiger partial charge in [0.2, 0.25) is 5.91 Å². The first-order valence-corrected chi connectivity index (χ1v) is 11.1. The molecule has 0 bridgehead atoms. The zero-order valence-electron chi connectivity index (χ0n) is 18.9. The Balaban J connectivity index is 1.50. The van der Waals surface area contributed by atoms with Gasteiger partial charge in [-0.05, 0) is 47.9 Å². The summed E-state index contributed by atoms with van der Waals surface area (Å²) in [5.74, 6) is 0.984. The normalized spacial score (nSPS) is 18.0. The van der Waals surface area contributed by atoms with E-state index >= 15 is 0 Å². The lowest BCUT2D eigenvalue weighted by Crippen LogP contribution is -2.44. The molecule has 3 rings (SSSR count). The van der Waals surface area contributed by atoms with Gasteiger partial charge in [0.1, 0.15) is 19.0 Å². The van der Waals surface area contributed by atoms with Crippen LogP contribution in [0.1, 0.15) is 45.2 Å². The molecular formula is C26H33NO4. The monoisotopic (exact) mass is 423 g/mol. The molecule has 3 atom stereocenters. The van der Waals surface area contributed by atoms with Crippen LogP contribution in [0.3, 0.4) is 0 Å². The van der Waals surface area contributed by atoms with Gasteiger partial charge in [0.15, 0.2) is 0 Å². The lowest BCUT2D eigenvalue weighted by Gasteiger charge is -2.26. The molecule has 1 aliphatic rings. The first kappa shape index (κ1) is 22.9. The van der Waals surface area contributed by atoms with Crippen molar-refractivity contribution in [3.63, 3.8) is 0 Å². The van der Waals surface area contributed by atoms with Crippen molar-refractivity contribution >= 4 is 12.0 Å². The van der Waals surface area contributed by atoms with Crippen molar-refractivity contribution < 1.29 is 19.1 Å². The van der Waals surface area contributed by atoms with Crippen molar-refractivity contribution in [3.8, 4) is 5.75 Å². The Morgan fingerprint density at radius 3 is 2.35 bits per heavy atom. The van der Waals surface area contributed by atoms with Crippen molar-refractivity contribution in [2.45, 2.75) is 53.2 Å². The predicted octanol–water partition coefficient (Wildman–Crippen LogP) is 5.47. The summed E-state index contributed by atoms with van der Waals surface area (Å²) >= 11 is 0. The molecule has 0 radical (unpaired) electrons. The van der Waals surface area contributed by atoms with Crippen molar-refractivity contribution in [1.82, 2.24) is 4.90 Å². The predicted molar refractivity (Wildman–Crippen MR) is 121 cm³/mol. The van der Waals surface area contributed by atoms with Crippen LogP contribution in [0, 0.1) is 17.8 Å². The van der Waals surface area contributed by atoms with Crippen LogP contribution >= 0.6 is 0 Å². The molecule has 5 nitrogen and oxygen atoms in total. The van der Waals surface area contributed by atoms with Gasteiger partial charge in [-0.3, -0.25) is 4.79 Å². The van der Waals surface area contributed by atoms with Crippen molar-refractivity contribution in [2.75, 3.05) is 6.61 Å². The van der Waals surface area contributed by atoms with Crippen LogP contribution in [-0.4, -0.2) is 29.5 Å². The van der Waals surface area contributed by atoms with Gasteiger partial charge in [-0.25, -0.2) is 9.69 Å². The number of cyclic esters (lactones) is 1. The van der Waals surface area contributed by atoms with Crippen molar-refractivity contribution in [2.24, 2.45) is 17.8 Å². The van der Waals surface area contributed by atoms with E-state index in [0.29, 0.717) is 19.1 Å². The smallest absolute Gasteiger partial charge is 0.416 e. The van der Waals surface area contributed by atoms with E-state index in [2.05, 4.69) is 19.1 Å². The van der Waals surface area contributed by atoms with Gasteiger partial charge in [-0.15, -0.1) is 0 Å². The number of hydrogen-bond donors (Lipinski definition) is 0. The molecule has 5 heteroatoms. The van der Waals surface area contributed by atoms with Crippen LogP contribution in [0.5, 0.6) is 5.75 Å². The standard InChI is InChI=1S/C26H33NO4/c1-18(2)24-17-31-26(29)27(24)25(28)20(4)14-19(3)15-21-10-12-23(13-11-21)30-16-22-8-6-5-7-9-22/h5-13,18-20,24H,14-17H2,1-4H3/t19-,20-,24+/m1/s1. The lowest BCUT2D eigenvalue weighted by atomic mass is 9.90. The second kappa shape index (κ2) is 10.5. The third-order valence-corrected chi connectivity index (χ3v) is 5.85. The second-order valence-corrected chi connectivity index (χ2v) is 8.96. The lowest BCUT2D eigenvalue weighted by molar-refractivity contribution is -0.134. The van der Waals surface area contributed by atoms with Crippen LogP contribution in [0.2, 0.25) is 0 Å². The Bertz CT molecular complexity index is 863. The van der Waals surface area contributed by atoms with Crippen LogP contribution < -0.4 is 4.74 Å². The van der Waals surface area contributed by atoms with E-state index in [1.165, 1.54) is 10.5 Å². The SMILES string of the molecule is CC(C)[C@@H]1COC(=O)N1C(=O)[C@H](C)C[C@@H](C)Cc1ccc(OCc2ccccc2)cc1. The number of amides is 2. The number of hydrogen-bond acceptors (Lipinski definition) is 4. The summed E-state index contributed by atoms with van der Waals surface area (Å²) in [4.78, 5) is 26.3. The summed E-state index contributed by atoms with van der Waals surface area (Å²) in [6, 6.07) is 18.1. The molecule has 1 aliphatic heterocycles. The minimum atomic E-state index is -0.505. The van der Waals surface area contributed by atoms with E-state index in [4.69, 9.17) is 9.47 Å². The second-order valence-electron chi connectivity index (χ2n) is 8.96. The molecule has 31 heavy (non-hydrogen) atoms. The number of nitrogens with zero attached hydrogens (tertiary/aromatic N) is 1. The Morgan fingerprint density at radius 2 is 1.71 bits per heavy atom. The molecule has 0 saturated carbocycles. The number of ether oxygens (including phenoxy) is 2. The zero-order chi connectivity index (χ0) is 22.4. The average Bonchev–Trinajstić information content (AvgIpc) is 3.15. The zero-order valence-corrected chi connectivity index (χ0v) is 18.9. The van der Waals surface area contributed by atoms with E-state index < -0.39 is 6.09 Å². The molecule has 0 aliphatic carbocycles. The first-order valence-electron chi connectivity index (χ1n) is 11.1. The van der Waals surface area contributed by atoms with E-state index in [1.807, 2.05) is 63.2 Å². The maximum atomic E-state index is 12.9. The fraction of sp³-hybridized carbons (Fsp3) is 0.462. The van der Waals surface area contributed by atoms with E-state index in [-0.39, 0.29) is 23.8 Å². The molecule has 1 heterocycles. The highest BCUT2D eigenvalue weighted by atomic mass is 16.6. The minimum Gasteiger partial charge on any atom is -0.489 e. The van der Waals surface area contributed by atoms with Crippen molar-refractivity contribution in [3.05, 3.63) is 65.7 Å². The van der Waals surface area contributed by atoms with Gasteiger partial charge >= 0.3 is 6.09 Å². The Morgan fingerprint density at radius 1 is 1.03 bits per heavy atom. The third kappa shape index (κ3) is 6.09. The summed E-state index contributed by atoms with van der Waals surface area (Å²) < 4.78 is 11.0. The molecule has 2 aromatic rings. The van der Waals surface area contributed by atoms with E-state index in [9.17, 15) is 9.59 Å². The Hall–Kier alpha value is -2.82. The Labute approximate surface area is 185 Å². The number of carbonyl (C=O) groups is 2. The van der Waals surface area contributed by atoms with Crippen LogP contribution in [0.25, 0.3) is 0 Å². The molecule has 0 spiro atoms. The van der Waals surface area contributed by atoms with Crippen LogP contribution in [-0.2, 0) is 22.6 Å². The molecule has 2 amide bonds. The maximum Gasteiger partial charge on any atom is 0.416 e. The summed E-state index contributed by atoms with van der Waals surface area (Å²) in [6.07, 6.45) is 1.09. The summed E-state index contributed by atoms with van der Waals surface area (Å²) in [6.45, 7) is 8.91. The quantitative estimate of drug-likeness (QED) is 0.536. The molecular weight excluding hydrogens is 390 g/mol. The fourth-order valence-electron chi connectivity index (χ4n) is 4.07. The van der Waals surface area contributed by atoms with Gasteiger partial charge in [-0.2, -0.15) is 0 Å². The molecule has 0 aromatic heterocycles. The number of imide groups is 1. The van der Waals surface area contributed by atoms with Gasteiger partial charge < -0.3 is 9.47 Å². The van der Waals surface area contributed by atoms with Crippen LogP contribution in [0.4, 0.5) is 4.79 Å². The van der Waals surface area contributed by atoms with Gasteiger partial charge in [0.25, 0.3) is 0 Å². The molecule has 1 saturated heterocycles. The first-order chi connectivity index (χ1) is 14.8. The van der Waals surface area contributed by atoms with Gasteiger partial charge in [0, 0.05) is 5.92 Å². The highest BCUT2D eigenvalue weighted by molar-refractivity contribution is 5.94. The minimum absolute atomic E-state index is 0.127. The highest BCUT2D eigenvalue weighted by Crippen LogP contribution is 2.26. The van der Waals surface area contributed by atoms with Crippen LogP contribution in [0.15, 0.2) is 54.6 Å². The largest absolute Gasteiger partial charge is 0.489 e. The summed E-state index contributed by atoms with van der Waals surface area (Å²) in [5, 5.41) is 0. The molecule has 166 valence electrons. The highest BCUT2D eigenvalue weighted by Gasteiger charge is 2.41. The summed E-state index contributed by atoms with van der Waals surface area (Å²) in [7, 11) is 0. The van der Waals surface area contributed by atoms with E-state index in [0.717, 1.165) is 24.2 Å². The molecule has 1 fully saturated rings. The van der Waals surface area contributed by atoms with E-state index in [1.54, 1.807) is 0 Å². The number of benzene rings is 2. The fourth-order valence-corrected chi connectivity index (χ4v) is 4.07. The maximum absolute atomic E-state index is 12.9. The Kier molecular flexibility index (Phi) is 7.72. The average molecular weight is 424 g/mol. The van der Waals surface area contributed by atoms with Gasteiger partial charge in [0.05, 0.1) is 6.04 Å². The topological polar surface area (TPSA) is 55.8 Å². The molecule has 0 unspecified atom stereocenters. The number of carbonyl (C=O) groups excluding carboxylic acids is 2. The van der Waals surface area contributed by atoms with Gasteiger partial charge in [-0.1, -0.05) is 70.2 Å². The molecule has 0 N–H and O–H groups in total.